The highest BCUT2D eigenvalue weighted by Crippen LogP contribution is 2.66. The molecule has 2 aliphatic rings. The number of phenolic OH excluding ortho intramolecular Hbond substituents is 1. The lowest BCUT2D eigenvalue weighted by Gasteiger charge is -2.06. The van der Waals surface area contributed by atoms with E-state index in [4.69, 9.17) is 13.1 Å². The van der Waals surface area contributed by atoms with Crippen LogP contribution in [0.4, 0.5) is 0 Å². The summed E-state index contributed by atoms with van der Waals surface area (Å²) >= 11 is 0. The highest BCUT2D eigenvalue weighted by molar-refractivity contribution is 7.82. The number of hydrogen-bond donors (Lipinski definition) is 1. The second-order valence-electron chi connectivity index (χ2n) is 7.81. The van der Waals surface area contributed by atoms with E-state index in [1.807, 2.05) is 0 Å². The zero-order valence-corrected chi connectivity index (χ0v) is 17.6. The van der Waals surface area contributed by atoms with Gasteiger partial charge in [-0.1, -0.05) is 84.0 Å². The topological polar surface area (TPSA) is 85.4 Å². The van der Waals surface area contributed by atoms with Crippen LogP contribution >= 0.6 is 0 Å². The molecule has 7 heteroatoms. The molecule has 0 saturated carbocycles. The molecule has 0 saturated heterocycles. The van der Waals surface area contributed by atoms with Crippen molar-refractivity contribution in [1.82, 2.24) is 0 Å². The largest absolute Gasteiger partial charge is 0.504 e. The van der Waals surface area contributed by atoms with E-state index in [2.05, 4.69) is 6.92 Å². The number of ether oxygens (including phenoxy) is 1. The van der Waals surface area contributed by atoms with Gasteiger partial charge in [0.05, 0.1) is 0 Å². The Morgan fingerprint density at radius 1 is 0.679 bits per heavy atom. The first-order chi connectivity index (χ1) is 13.5. The molecule has 3 rings (SSSR count). The van der Waals surface area contributed by atoms with Crippen LogP contribution in [-0.4, -0.2) is 13.5 Å². The quantitative estimate of drug-likeness (QED) is 0.296. The predicted molar refractivity (Wildman–Crippen MR) is 108 cm³/mol. The SMILES string of the molecule is CCCCCCCCCCCCCCCc1c(O)c2c(c3c1OS(=O)(=O)O3)O2. The van der Waals surface area contributed by atoms with Crippen molar-refractivity contribution >= 4 is 10.4 Å². The molecule has 0 aromatic heterocycles. The summed E-state index contributed by atoms with van der Waals surface area (Å²) in [6, 6.07) is 0. The molecule has 0 aliphatic carbocycles. The maximum absolute atomic E-state index is 11.5. The van der Waals surface area contributed by atoms with E-state index < -0.39 is 10.4 Å². The molecular weight excluding hydrogens is 380 g/mol. The number of unbranched alkanes of at least 4 members (excludes halogenated alkanes) is 12. The third-order valence-corrected chi connectivity index (χ3v) is 6.20. The first-order valence-corrected chi connectivity index (χ1v) is 12.1. The second kappa shape index (κ2) is 9.72. The Kier molecular flexibility index (Phi) is 7.32. The summed E-state index contributed by atoms with van der Waals surface area (Å²) < 4.78 is 37.9. The predicted octanol–water partition coefficient (Wildman–Crippen LogP) is 6.15. The van der Waals surface area contributed by atoms with Gasteiger partial charge < -0.3 is 18.2 Å². The van der Waals surface area contributed by atoms with Crippen molar-refractivity contribution in [3.63, 3.8) is 0 Å². The van der Waals surface area contributed by atoms with Crippen LogP contribution in [0.15, 0.2) is 0 Å². The molecule has 0 spiro atoms. The molecule has 0 amide bonds. The first kappa shape index (κ1) is 21.1. The van der Waals surface area contributed by atoms with Crippen molar-refractivity contribution in [1.29, 1.82) is 0 Å². The second-order valence-corrected chi connectivity index (χ2v) is 8.96. The van der Waals surface area contributed by atoms with Crippen molar-refractivity contribution in [3.8, 4) is 28.7 Å². The van der Waals surface area contributed by atoms with E-state index in [0.717, 1.165) is 19.3 Å². The van der Waals surface area contributed by atoms with E-state index in [-0.39, 0.29) is 23.0 Å². The lowest BCUT2D eigenvalue weighted by molar-refractivity contribution is 0.427. The summed E-state index contributed by atoms with van der Waals surface area (Å²) in [5.41, 5.74) is 0.468. The average Bonchev–Trinajstić information content (AvgIpc) is 3.39. The number of benzene rings is 1. The molecule has 2 heterocycles. The van der Waals surface area contributed by atoms with Crippen molar-refractivity contribution in [2.45, 2.75) is 96.8 Å². The molecule has 2 aliphatic heterocycles. The van der Waals surface area contributed by atoms with Gasteiger partial charge in [0.15, 0.2) is 5.75 Å². The Balaban J connectivity index is 1.28. The van der Waals surface area contributed by atoms with Gasteiger partial charge in [0.1, 0.15) is 0 Å². The molecule has 1 N–H and O–H groups in total. The first-order valence-electron chi connectivity index (χ1n) is 10.8. The summed E-state index contributed by atoms with van der Waals surface area (Å²) in [6.07, 6.45) is 16.9. The molecule has 0 radical (unpaired) electrons. The molecule has 28 heavy (non-hydrogen) atoms. The minimum Gasteiger partial charge on any atom is -0.504 e. The van der Waals surface area contributed by atoms with Gasteiger partial charge in [-0.05, 0) is 12.8 Å². The zero-order chi connectivity index (χ0) is 20.0. The minimum atomic E-state index is -4.08. The molecule has 6 nitrogen and oxygen atoms in total. The fourth-order valence-corrected chi connectivity index (χ4v) is 4.57. The van der Waals surface area contributed by atoms with Crippen LogP contribution in [0.1, 0.15) is 96.0 Å². The number of aromatic hydroxyl groups is 1. The monoisotopic (exact) mass is 412 g/mol. The number of fused-ring (bicyclic) bond motifs is 3. The van der Waals surface area contributed by atoms with Crippen LogP contribution in [0.3, 0.4) is 0 Å². The van der Waals surface area contributed by atoms with E-state index in [0.29, 0.717) is 17.7 Å². The number of hydrogen-bond acceptors (Lipinski definition) is 6. The van der Waals surface area contributed by atoms with Gasteiger partial charge in [0.25, 0.3) is 0 Å². The van der Waals surface area contributed by atoms with Crippen molar-refractivity contribution < 1.29 is 26.6 Å². The molecule has 0 bridgehead atoms. The molecule has 1 aromatic rings. The van der Waals surface area contributed by atoms with Gasteiger partial charge in [-0.15, -0.1) is 8.42 Å². The third-order valence-electron chi connectivity index (χ3n) is 5.46. The summed E-state index contributed by atoms with van der Waals surface area (Å²) in [4.78, 5) is 0. The number of phenols is 1. The fourth-order valence-electron chi connectivity index (χ4n) is 3.80. The van der Waals surface area contributed by atoms with Crippen molar-refractivity contribution in [3.05, 3.63) is 5.56 Å². The minimum absolute atomic E-state index is 0.0200. The van der Waals surface area contributed by atoms with Crippen LogP contribution in [-0.2, 0) is 16.8 Å². The van der Waals surface area contributed by atoms with Crippen LogP contribution in [0, 0.1) is 0 Å². The van der Waals surface area contributed by atoms with E-state index >= 15 is 0 Å². The summed E-state index contributed by atoms with van der Waals surface area (Å²) in [6.45, 7) is 2.25. The van der Waals surface area contributed by atoms with Crippen molar-refractivity contribution in [2.75, 3.05) is 0 Å². The fraction of sp³-hybridized carbons (Fsp3) is 0.714. The molecule has 0 fully saturated rings. The summed E-state index contributed by atoms with van der Waals surface area (Å²) in [5.74, 6) is 0.727. The van der Waals surface area contributed by atoms with Gasteiger partial charge in [-0.25, -0.2) is 0 Å². The van der Waals surface area contributed by atoms with Crippen LogP contribution in [0.25, 0.3) is 0 Å². The van der Waals surface area contributed by atoms with E-state index in [1.54, 1.807) is 0 Å². The van der Waals surface area contributed by atoms with Crippen LogP contribution in [0.2, 0.25) is 0 Å². The molecule has 158 valence electrons. The van der Waals surface area contributed by atoms with Gasteiger partial charge in [0.2, 0.25) is 23.0 Å². The normalized spacial score (nSPS) is 15.3. The van der Waals surface area contributed by atoms with Crippen molar-refractivity contribution in [2.24, 2.45) is 0 Å². The average molecular weight is 413 g/mol. The smallest absolute Gasteiger partial charge is 0.501 e. The highest BCUT2D eigenvalue weighted by atomic mass is 32.3. The maximum Gasteiger partial charge on any atom is 0.501 e. The van der Waals surface area contributed by atoms with Crippen LogP contribution in [0.5, 0.6) is 28.7 Å². The Labute approximate surface area is 168 Å². The molecule has 0 unspecified atom stereocenters. The van der Waals surface area contributed by atoms with Crippen LogP contribution < -0.4 is 13.1 Å². The zero-order valence-electron chi connectivity index (χ0n) is 16.8. The number of rotatable bonds is 14. The molecule has 0 atom stereocenters. The van der Waals surface area contributed by atoms with E-state index in [1.165, 1.54) is 64.2 Å². The Morgan fingerprint density at radius 2 is 1.18 bits per heavy atom. The van der Waals surface area contributed by atoms with E-state index in [9.17, 15) is 13.5 Å². The third kappa shape index (κ3) is 5.46. The standard InChI is InChI=1S/C21H32O6S/c1-2-3-4-5-6-7-8-9-10-11-12-13-14-15-16-17(22)19-20(25-19)21-18(16)26-28(23,24)27-21/h22H,2-15H2,1H3. The van der Waals surface area contributed by atoms with Gasteiger partial charge in [-0.3, -0.25) is 0 Å². The lowest BCUT2D eigenvalue weighted by atomic mass is 10.0. The highest BCUT2D eigenvalue weighted by Gasteiger charge is 2.45. The summed E-state index contributed by atoms with van der Waals surface area (Å²) in [5, 5.41) is 10.2. The Bertz CT molecular complexity index is 772. The molecule has 1 aromatic carbocycles. The lowest BCUT2D eigenvalue weighted by Crippen LogP contribution is -2.08. The van der Waals surface area contributed by atoms with Gasteiger partial charge in [-0.2, -0.15) is 0 Å². The summed E-state index contributed by atoms with van der Waals surface area (Å²) in [7, 11) is -4.08. The Hall–Kier alpha value is -1.63. The Morgan fingerprint density at radius 3 is 1.75 bits per heavy atom. The van der Waals surface area contributed by atoms with Gasteiger partial charge >= 0.3 is 10.4 Å². The molecular formula is C21H32O6S. The maximum atomic E-state index is 11.5. The van der Waals surface area contributed by atoms with Gasteiger partial charge in [0, 0.05) is 5.56 Å².